The summed E-state index contributed by atoms with van der Waals surface area (Å²) in [6.07, 6.45) is -0.674. The second kappa shape index (κ2) is 6.03. The molecule has 1 heterocycles. The molecule has 0 aromatic rings. The highest BCUT2D eigenvalue weighted by Gasteiger charge is 2.42. The molecule has 0 aliphatic carbocycles. The van der Waals surface area contributed by atoms with E-state index in [4.69, 9.17) is 9.84 Å². The van der Waals surface area contributed by atoms with Crippen LogP contribution >= 0.6 is 0 Å². The first kappa shape index (κ1) is 16.1. The lowest BCUT2D eigenvalue weighted by Gasteiger charge is -2.26. The van der Waals surface area contributed by atoms with Crippen LogP contribution in [-0.4, -0.2) is 47.3 Å². The molecule has 19 heavy (non-hydrogen) atoms. The SMILES string of the molecule is CC(C)(C)OC(=O)N1CCC(CCO)C(F)(F)CC1. The molecular weight excluding hydrogens is 256 g/mol. The van der Waals surface area contributed by atoms with Crippen molar-refractivity contribution in [2.45, 2.75) is 51.6 Å². The van der Waals surface area contributed by atoms with Gasteiger partial charge >= 0.3 is 6.09 Å². The Morgan fingerprint density at radius 2 is 2.05 bits per heavy atom. The average Bonchev–Trinajstić information content (AvgIpc) is 2.37. The molecule has 1 aliphatic heterocycles. The highest BCUT2D eigenvalue weighted by Crippen LogP contribution is 2.36. The van der Waals surface area contributed by atoms with E-state index < -0.39 is 23.5 Å². The number of rotatable bonds is 2. The van der Waals surface area contributed by atoms with Crippen LogP contribution in [0, 0.1) is 5.92 Å². The molecule has 112 valence electrons. The van der Waals surface area contributed by atoms with Gasteiger partial charge in [0.2, 0.25) is 0 Å². The minimum Gasteiger partial charge on any atom is -0.444 e. The third-order valence-electron chi connectivity index (χ3n) is 3.19. The van der Waals surface area contributed by atoms with E-state index in [1.54, 1.807) is 20.8 Å². The van der Waals surface area contributed by atoms with E-state index in [0.717, 1.165) is 0 Å². The number of hydrogen-bond acceptors (Lipinski definition) is 3. The maximum Gasteiger partial charge on any atom is 0.410 e. The summed E-state index contributed by atoms with van der Waals surface area (Å²) in [5, 5.41) is 8.83. The second-order valence-electron chi connectivity index (χ2n) is 5.98. The van der Waals surface area contributed by atoms with Crippen molar-refractivity contribution in [3.05, 3.63) is 0 Å². The lowest BCUT2D eigenvalue weighted by atomic mass is 9.93. The molecule has 1 rings (SSSR count). The molecular formula is C13H23F2NO3. The lowest BCUT2D eigenvalue weighted by molar-refractivity contribution is -0.0681. The topological polar surface area (TPSA) is 49.8 Å². The van der Waals surface area contributed by atoms with E-state index in [-0.39, 0.29) is 39.0 Å². The minimum atomic E-state index is -2.83. The molecule has 1 fully saturated rings. The van der Waals surface area contributed by atoms with Gasteiger partial charge in [0, 0.05) is 32.0 Å². The Bertz CT molecular complexity index is 316. The monoisotopic (exact) mass is 279 g/mol. The Hall–Kier alpha value is -0.910. The predicted molar refractivity (Wildman–Crippen MR) is 67.2 cm³/mol. The molecule has 4 nitrogen and oxygen atoms in total. The molecule has 0 saturated carbocycles. The van der Waals surface area contributed by atoms with Crippen molar-refractivity contribution in [2.24, 2.45) is 5.92 Å². The Balaban J connectivity index is 2.64. The van der Waals surface area contributed by atoms with Crippen LogP contribution in [0.1, 0.15) is 40.0 Å². The minimum absolute atomic E-state index is 0.0101. The molecule has 0 aromatic heterocycles. The molecule has 1 unspecified atom stereocenters. The van der Waals surface area contributed by atoms with Crippen molar-refractivity contribution in [2.75, 3.05) is 19.7 Å². The normalized spacial score (nSPS) is 23.9. The highest BCUT2D eigenvalue weighted by atomic mass is 19.3. The van der Waals surface area contributed by atoms with Crippen molar-refractivity contribution in [3.63, 3.8) is 0 Å². The third-order valence-corrected chi connectivity index (χ3v) is 3.19. The Labute approximate surface area is 112 Å². The number of hydrogen-bond donors (Lipinski definition) is 1. The van der Waals surface area contributed by atoms with Crippen LogP contribution < -0.4 is 0 Å². The van der Waals surface area contributed by atoms with Gasteiger partial charge in [0.25, 0.3) is 5.92 Å². The number of aliphatic hydroxyl groups is 1. The number of halogens is 2. The Kier molecular flexibility index (Phi) is 5.12. The van der Waals surface area contributed by atoms with Gasteiger partial charge < -0.3 is 14.7 Å². The number of carbonyl (C=O) groups excluding carboxylic acids is 1. The zero-order valence-electron chi connectivity index (χ0n) is 11.8. The zero-order chi connectivity index (χ0) is 14.7. The van der Waals surface area contributed by atoms with Crippen LogP contribution in [-0.2, 0) is 4.74 Å². The number of aliphatic hydroxyl groups excluding tert-OH is 1. The Morgan fingerprint density at radius 3 is 2.58 bits per heavy atom. The zero-order valence-corrected chi connectivity index (χ0v) is 11.8. The van der Waals surface area contributed by atoms with Crippen molar-refractivity contribution in [1.29, 1.82) is 0 Å². The molecule has 1 aliphatic rings. The van der Waals surface area contributed by atoms with Gasteiger partial charge in [-0.2, -0.15) is 0 Å². The number of likely N-dealkylation sites (tertiary alicyclic amines) is 1. The maximum atomic E-state index is 13.8. The first-order valence-electron chi connectivity index (χ1n) is 6.62. The van der Waals surface area contributed by atoms with Gasteiger partial charge in [-0.05, 0) is 33.6 Å². The average molecular weight is 279 g/mol. The van der Waals surface area contributed by atoms with E-state index in [9.17, 15) is 13.6 Å². The molecule has 0 spiro atoms. The number of carbonyl (C=O) groups is 1. The van der Waals surface area contributed by atoms with Crippen molar-refractivity contribution >= 4 is 6.09 Å². The van der Waals surface area contributed by atoms with Crippen LogP contribution in [0.2, 0.25) is 0 Å². The first-order chi connectivity index (χ1) is 8.65. The quantitative estimate of drug-likeness (QED) is 0.845. The van der Waals surface area contributed by atoms with E-state index in [1.807, 2.05) is 0 Å². The predicted octanol–water partition coefficient (Wildman–Crippen LogP) is 2.65. The summed E-state index contributed by atoms with van der Waals surface area (Å²) in [6.45, 7) is 5.20. The molecule has 6 heteroatoms. The Morgan fingerprint density at radius 1 is 1.42 bits per heavy atom. The van der Waals surface area contributed by atoms with Crippen LogP contribution in [0.5, 0.6) is 0 Å². The number of amides is 1. The summed E-state index contributed by atoms with van der Waals surface area (Å²) in [4.78, 5) is 13.2. The molecule has 0 radical (unpaired) electrons. The summed E-state index contributed by atoms with van der Waals surface area (Å²) in [7, 11) is 0. The summed E-state index contributed by atoms with van der Waals surface area (Å²) in [5.41, 5.74) is -0.629. The van der Waals surface area contributed by atoms with Gasteiger partial charge in [0.15, 0.2) is 0 Å². The van der Waals surface area contributed by atoms with Gasteiger partial charge in [-0.15, -0.1) is 0 Å². The number of ether oxygens (including phenoxy) is 1. The van der Waals surface area contributed by atoms with E-state index in [0.29, 0.717) is 0 Å². The fourth-order valence-corrected chi connectivity index (χ4v) is 2.14. The number of alkyl halides is 2. The van der Waals surface area contributed by atoms with Crippen LogP contribution in [0.3, 0.4) is 0 Å². The summed E-state index contributed by atoms with van der Waals surface area (Å²) >= 11 is 0. The molecule has 1 atom stereocenters. The maximum absolute atomic E-state index is 13.8. The van der Waals surface area contributed by atoms with Gasteiger partial charge in [-0.1, -0.05) is 0 Å². The number of nitrogens with zero attached hydrogens (tertiary/aromatic N) is 1. The van der Waals surface area contributed by atoms with E-state index >= 15 is 0 Å². The highest BCUT2D eigenvalue weighted by molar-refractivity contribution is 5.68. The lowest BCUT2D eigenvalue weighted by Crippen LogP contribution is -2.37. The van der Waals surface area contributed by atoms with Crippen LogP contribution in [0.4, 0.5) is 13.6 Å². The summed E-state index contributed by atoms with van der Waals surface area (Å²) in [6, 6.07) is 0. The van der Waals surface area contributed by atoms with E-state index in [2.05, 4.69) is 0 Å². The second-order valence-corrected chi connectivity index (χ2v) is 5.98. The van der Waals surface area contributed by atoms with E-state index in [1.165, 1.54) is 4.90 Å². The fourth-order valence-electron chi connectivity index (χ4n) is 2.14. The molecule has 1 amide bonds. The third kappa shape index (κ3) is 4.93. The van der Waals surface area contributed by atoms with Gasteiger partial charge in [-0.25, -0.2) is 13.6 Å². The van der Waals surface area contributed by atoms with Crippen molar-refractivity contribution in [3.8, 4) is 0 Å². The standard InChI is InChI=1S/C13H23F2NO3/c1-12(2,3)19-11(18)16-7-4-10(5-9-17)13(14,15)6-8-16/h10,17H,4-9H2,1-3H3. The molecule has 1 N–H and O–H groups in total. The fraction of sp³-hybridized carbons (Fsp3) is 0.923. The summed E-state index contributed by atoms with van der Waals surface area (Å²) < 4.78 is 32.8. The molecule has 0 bridgehead atoms. The van der Waals surface area contributed by atoms with Crippen molar-refractivity contribution in [1.82, 2.24) is 4.90 Å². The molecule has 0 aromatic carbocycles. The van der Waals surface area contributed by atoms with Crippen LogP contribution in [0.25, 0.3) is 0 Å². The van der Waals surface area contributed by atoms with Gasteiger partial charge in [0.1, 0.15) is 5.60 Å². The van der Waals surface area contributed by atoms with Gasteiger partial charge in [0.05, 0.1) is 0 Å². The molecule has 1 saturated heterocycles. The van der Waals surface area contributed by atoms with Crippen molar-refractivity contribution < 1.29 is 23.4 Å². The first-order valence-corrected chi connectivity index (χ1v) is 6.62. The summed E-state index contributed by atoms with van der Waals surface area (Å²) in [5.74, 6) is -3.70. The van der Waals surface area contributed by atoms with Gasteiger partial charge in [-0.3, -0.25) is 0 Å². The smallest absolute Gasteiger partial charge is 0.410 e. The largest absolute Gasteiger partial charge is 0.444 e. The van der Waals surface area contributed by atoms with Crippen LogP contribution in [0.15, 0.2) is 0 Å².